The third-order valence-corrected chi connectivity index (χ3v) is 6.59. The predicted octanol–water partition coefficient (Wildman–Crippen LogP) is 6.26. The first-order chi connectivity index (χ1) is 15.9. The summed E-state index contributed by atoms with van der Waals surface area (Å²) in [5.41, 5.74) is -0.613. The molecule has 0 atom stereocenters. The van der Waals surface area contributed by atoms with Crippen LogP contribution in [0.5, 0.6) is 17.2 Å². The van der Waals surface area contributed by atoms with Gasteiger partial charge in [0.15, 0.2) is 11.5 Å². The topological polar surface area (TPSA) is 94.8 Å². The molecule has 1 aromatic carbocycles. The number of benzene rings is 1. The Balaban J connectivity index is 1.97. The average Bonchev–Trinajstić information content (AvgIpc) is 3.11. The van der Waals surface area contributed by atoms with E-state index in [1.165, 1.54) is 42.1 Å². The quantitative estimate of drug-likeness (QED) is 0.268. The highest BCUT2D eigenvalue weighted by molar-refractivity contribution is 6.76. The Bertz CT molecular complexity index is 1180. The van der Waals surface area contributed by atoms with E-state index in [0.29, 0.717) is 6.61 Å². The van der Waals surface area contributed by atoms with Gasteiger partial charge in [-0.1, -0.05) is 19.6 Å². The Hall–Kier alpha value is -3.25. The van der Waals surface area contributed by atoms with Crippen LogP contribution in [0.2, 0.25) is 25.7 Å². The second kappa shape index (κ2) is 9.93. The summed E-state index contributed by atoms with van der Waals surface area (Å²) in [6, 6.07) is 6.39. The van der Waals surface area contributed by atoms with Gasteiger partial charge in [0.1, 0.15) is 18.1 Å². The molecule has 8 nitrogen and oxygen atoms in total. The standard InChI is InChI=1S/C22H26F3N3O5Si/c1-31-18-11-14(27-21(29)30)5-6-16(18)33-17-7-8-26-20-19(17)15(22(23,24)25)12-28(20)13-32-9-10-34(2,3)4/h5-8,11-12,27H,9-10,13H2,1-4H3,(H,29,30). The summed E-state index contributed by atoms with van der Waals surface area (Å²) in [6.07, 6.45) is -3.60. The number of halogens is 3. The molecule has 0 radical (unpaired) electrons. The summed E-state index contributed by atoms with van der Waals surface area (Å²) in [6.45, 7) is 6.93. The van der Waals surface area contributed by atoms with Crippen LogP contribution in [-0.2, 0) is 17.6 Å². The van der Waals surface area contributed by atoms with Gasteiger partial charge in [-0.25, -0.2) is 9.78 Å². The van der Waals surface area contributed by atoms with E-state index in [4.69, 9.17) is 19.3 Å². The van der Waals surface area contributed by atoms with Gasteiger partial charge in [0.25, 0.3) is 0 Å². The minimum Gasteiger partial charge on any atom is -0.493 e. The van der Waals surface area contributed by atoms with Crippen LogP contribution in [-0.4, -0.2) is 42.5 Å². The fourth-order valence-corrected chi connectivity index (χ4v) is 3.95. The van der Waals surface area contributed by atoms with E-state index in [9.17, 15) is 18.0 Å². The maximum Gasteiger partial charge on any atom is 0.418 e. The van der Waals surface area contributed by atoms with E-state index in [-0.39, 0.29) is 40.7 Å². The van der Waals surface area contributed by atoms with E-state index in [2.05, 4.69) is 29.9 Å². The number of methoxy groups -OCH3 is 1. The number of hydrogen-bond acceptors (Lipinski definition) is 5. The zero-order chi connectivity index (χ0) is 25.1. The number of amides is 1. The summed E-state index contributed by atoms with van der Waals surface area (Å²) in [4.78, 5) is 15.0. The van der Waals surface area contributed by atoms with Crippen LogP contribution in [0.15, 0.2) is 36.7 Å². The Morgan fingerprint density at radius 3 is 2.53 bits per heavy atom. The number of carbonyl (C=O) groups is 1. The highest BCUT2D eigenvalue weighted by Gasteiger charge is 2.36. The van der Waals surface area contributed by atoms with E-state index in [1.807, 2.05) is 0 Å². The number of anilines is 1. The van der Waals surface area contributed by atoms with Crippen molar-refractivity contribution in [2.75, 3.05) is 19.0 Å². The van der Waals surface area contributed by atoms with Crippen molar-refractivity contribution in [1.29, 1.82) is 0 Å². The SMILES string of the molecule is COc1cc(NC(=O)O)ccc1Oc1ccnc2c1c(C(F)(F)F)cn2COCC[Si](C)(C)C. The van der Waals surface area contributed by atoms with Crippen LogP contribution in [0.4, 0.5) is 23.7 Å². The van der Waals surface area contributed by atoms with Crippen molar-refractivity contribution < 1.29 is 37.3 Å². The first-order valence-corrected chi connectivity index (χ1v) is 14.1. The van der Waals surface area contributed by atoms with Gasteiger partial charge in [0.05, 0.1) is 18.1 Å². The molecule has 0 saturated carbocycles. The van der Waals surface area contributed by atoms with Crippen LogP contribution in [0.25, 0.3) is 11.0 Å². The molecule has 0 spiro atoms. The van der Waals surface area contributed by atoms with E-state index >= 15 is 0 Å². The zero-order valence-electron chi connectivity index (χ0n) is 19.2. The average molecular weight is 498 g/mol. The molecular formula is C22H26F3N3O5Si. The van der Waals surface area contributed by atoms with Gasteiger partial charge in [-0.2, -0.15) is 13.2 Å². The minimum absolute atomic E-state index is 0.0703. The largest absolute Gasteiger partial charge is 0.493 e. The molecule has 184 valence electrons. The van der Waals surface area contributed by atoms with Crippen molar-refractivity contribution >= 4 is 30.9 Å². The van der Waals surface area contributed by atoms with E-state index < -0.39 is 25.9 Å². The molecule has 3 aromatic rings. The van der Waals surface area contributed by atoms with Crippen molar-refractivity contribution in [3.05, 3.63) is 42.2 Å². The Morgan fingerprint density at radius 1 is 1.18 bits per heavy atom. The van der Waals surface area contributed by atoms with Gasteiger partial charge in [-0.15, -0.1) is 0 Å². The molecule has 1 amide bonds. The van der Waals surface area contributed by atoms with Crippen LogP contribution in [0, 0.1) is 0 Å². The lowest BCUT2D eigenvalue weighted by atomic mass is 10.2. The molecule has 0 aliphatic carbocycles. The van der Waals surface area contributed by atoms with Gasteiger partial charge >= 0.3 is 12.3 Å². The highest BCUT2D eigenvalue weighted by atomic mass is 28.3. The van der Waals surface area contributed by atoms with Gasteiger partial charge < -0.3 is 23.9 Å². The maximum atomic E-state index is 13.9. The fraction of sp³-hybridized carbons (Fsp3) is 0.364. The number of aromatic nitrogens is 2. The van der Waals surface area contributed by atoms with Crippen molar-refractivity contribution in [2.24, 2.45) is 0 Å². The minimum atomic E-state index is -4.65. The molecule has 0 aliphatic heterocycles. The number of alkyl halides is 3. The van der Waals surface area contributed by atoms with Crippen LogP contribution >= 0.6 is 0 Å². The molecule has 0 aliphatic rings. The van der Waals surface area contributed by atoms with E-state index in [1.54, 1.807) is 0 Å². The first kappa shape index (κ1) is 25.4. The third-order valence-electron chi connectivity index (χ3n) is 4.89. The van der Waals surface area contributed by atoms with Gasteiger partial charge in [0.2, 0.25) is 0 Å². The van der Waals surface area contributed by atoms with Crippen LogP contribution in [0.1, 0.15) is 5.56 Å². The zero-order valence-corrected chi connectivity index (χ0v) is 20.2. The summed E-state index contributed by atoms with van der Waals surface area (Å²) >= 11 is 0. The molecule has 3 rings (SSSR count). The summed E-state index contributed by atoms with van der Waals surface area (Å²) in [5, 5.41) is 10.8. The fourth-order valence-electron chi connectivity index (χ4n) is 3.20. The van der Waals surface area contributed by atoms with Gasteiger partial charge in [0, 0.05) is 38.8 Å². The van der Waals surface area contributed by atoms with Crippen LogP contribution < -0.4 is 14.8 Å². The normalized spacial score (nSPS) is 12.1. The lowest BCUT2D eigenvalue weighted by Gasteiger charge is -2.15. The number of hydrogen-bond donors (Lipinski definition) is 2. The van der Waals surface area contributed by atoms with E-state index in [0.717, 1.165) is 12.2 Å². The number of rotatable bonds is 9. The molecule has 0 fully saturated rings. The smallest absolute Gasteiger partial charge is 0.418 e. The van der Waals surface area contributed by atoms with Crippen molar-refractivity contribution in [3.63, 3.8) is 0 Å². The number of fused-ring (bicyclic) bond motifs is 1. The molecule has 34 heavy (non-hydrogen) atoms. The van der Waals surface area contributed by atoms with Crippen molar-refractivity contribution in [2.45, 2.75) is 38.6 Å². The molecule has 12 heteroatoms. The third kappa shape index (κ3) is 6.20. The lowest BCUT2D eigenvalue weighted by Crippen LogP contribution is -2.22. The van der Waals surface area contributed by atoms with Crippen molar-refractivity contribution in [1.82, 2.24) is 9.55 Å². The molecule has 0 bridgehead atoms. The number of carboxylic acid groups (broad SMARTS) is 1. The second-order valence-corrected chi connectivity index (χ2v) is 14.4. The number of pyridine rings is 1. The Kier molecular flexibility index (Phi) is 7.41. The molecule has 0 unspecified atom stereocenters. The molecule has 2 aromatic heterocycles. The van der Waals surface area contributed by atoms with Gasteiger partial charge in [-0.3, -0.25) is 5.32 Å². The highest BCUT2D eigenvalue weighted by Crippen LogP contribution is 2.42. The molecule has 2 N–H and O–H groups in total. The second-order valence-electron chi connectivity index (χ2n) is 8.76. The van der Waals surface area contributed by atoms with Crippen molar-refractivity contribution in [3.8, 4) is 17.2 Å². The maximum absolute atomic E-state index is 13.9. The van der Waals surface area contributed by atoms with Crippen LogP contribution in [0.3, 0.4) is 0 Å². The molecule has 0 saturated heterocycles. The number of nitrogens with zero attached hydrogens (tertiary/aromatic N) is 2. The number of nitrogens with one attached hydrogen (secondary N) is 1. The monoisotopic (exact) mass is 497 g/mol. The first-order valence-electron chi connectivity index (χ1n) is 10.4. The molecular weight excluding hydrogens is 471 g/mol. The summed E-state index contributed by atoms with van der Waals surface area (Å²) in [7, 11) is -0.00955. The lowest BCUT2D eigenvalue weighted by molar-refractivity contribution is -0.136. The van der Waals surface area contributed by atoms with Gasteiger partial charge in [-0.05, 0) is 24.2 Å². The summed E-state index contributed by atoms with van der Waals surface area (Å²) in [5.74, 6) is 0.174. The number of ether oxygens (including phenoxy) is 3. The Labute approximate surface area is 195 Å². The molecule has 2 heterocycles. The Morgan fingerprint density at radius 2 is 1.91 bits per heavy atom. The summed E-state index contributed by atoms with van der Waals surface area (Å²) < 4.78 is 59.7. The predicted molar refractivity (Wildman–Crippen MR) is 124 cm³/mol.